The minimum atomic E-state index is 0.0234. The largest absolute Gasteiger partial charge is 0.326 e. The predicted octanol–water partition coefficient (Wildman–Crippen LogP) is 3.10. The van der Waals surface area contributed by atoms with Crippen LogP contribution in [0, 0.1) is 0 Å². The van der Waals surface area contributed by atoms with Crippen molar-refractivity contribution in [2.24, 2.45) is 0 Å². The van der Waals surface area contributed by atoms with Gasteiger partial charge in [0.1, 0.15) is 0 Å². The zero-order valence-electron chi connectivity index (χ0n) is 11.3. The SMILES string of the molecule is CCCCCCC(C)(C)N1CCN(C)C1=O. The van der Waals surface area contributed by atoms with E-state index in [1.807, 2.05) is 16.8 Å². The summed E-state index contributed by atoms with van der Waals surface area (Å²) < 4.78 is 0. The van der Waals surface area contributed by atoms with Gasteiger partial charge in [0.25, 0.3) is 0 Å². The number of nitrogens with zero attached hydrogens (tertiary/aromatic N) is 2. The molecule has 0 saturated carbocycles. The fraction of sp³-hybridized carbons (Fsp3) is 0.923. The van der Waals surface area contributed by atoms with Crippen LogP contribution in [0.5, 0.6) is 0 Å². The molecule has 0 bridgehead atoms. The molecule has 0 N–H and O–H groups in total. The Kier molecular flexibility index (Phi) is 4.63. The Bertz CT molecular complexity index is 238. The highest BCUT2D eigenvalue weighted by molar-refractivity contribution is 5.77. The van der Waals surface area contributed by atoms with Crippen molar-refractivity contribution in [3.8, 4) is 0 Å². The molecule has 0 aromatic rings. The van der Waals surface area contributed by atoms with Crippen molar-refractivity contribution in [3.63, 3.8) is 0 Å². The van der Waals surface area contributed by atoms with Crippen molar-refractivity contribution in [2.45, 2.75) is 58.4 Å². The van der Waals surface area contributed by atoms with Crippen LogP contribution >= 0.6 is 0 Å². The summed E-state index contributed by atoms with van der Waals surface area (Å²) in [5.74, 6) is 0. The molecule has 2 amide bonds. The molecule has 1 rings (SSSR count). The molecule has 3 nitrogen and oxygen atoms in total. The Labute approximate surface area is 99.8 Å². The number of likely N-dealkylation sites (N-methyl/N-ethyl adjacent to an activating group) is 1. The average Bonchev–Trinajstić information content (AvgIpc) is 2.55. The maximum atomic E-state index is 11.9. The zero-order valence-corrected chi connectivity index (χ0v) is 11.3. The Morgan fingerprint density at radius 1 is 1.19 bits per heavy atom. The minimum Gasteiger partial charge on any atom is -0.326 e. The highest BCUT2D eigenvalue weighted by Gasteiger charge is 2.36. The molecular formula is C13H26N2O. The van der Waals surface area contributed by atoms with Gasteiger partial charge in [-0.2, -0.15) is 0 Å². The van der Waals surface area contributed by atoms with Crippen molar-refractivity contribution < 1.29 is 4.79 Å². The number of carbonyl (C=O) groups excluding carboxylic acids is 1. The van der Waals surface area contributed by atoms with Crippen LogP contribution in [0.3, 0.4) is 0 Å². The van der Waals surface area contributed by atoms with Gasteiger partial charge in [0, 0.05) is 25.7 Å². The fourth-order valence-corrected chi connectivity index (χ4v) is 2.33. The molecule has 94 valence electrons. The molecule has 1 saturated heterocycles. The summed E-state index contributed by atoms with van der Waals surface area (Å²) in [6.07, 6.45) is 6.22. The lowest BCUT2D eigenvalue weighted by molar-refractivity contribution is 0.142. The van der Waals surface area contributed by atoms with E-state index in [1.54, 1.807) is 0 Å². The molecule has 1 fully saturated rings. The first-order chi connectivity index (χ1) is 7.49. The molecule has 0 atom stereocenters. The molecule has 0 aliphatic carbocycles. The highest BCUT2D eigenvalue weighted by Crippen LogP contribution is 2.25. The Hall–Kier alpha value is -0.730. The van der Waals surface area contributed by atoms with Gasteiger partial charge in [0.2, 0.25) is 0 Å². The number of urea groups is 1. The monoisotopic (exact) mass is 226 g/mol. The molecule has 1 aliphatic heterocycles. The molecular weight excluding hydrogens is 200 g/mol. The third-order valence-corrected chi connectivity index (χ3v) is 3.59. The van der Waals surface area contributed by atoms with E-state index in [4.69, 9.17) is 0 Å². The molecule has 0 radical (unpaired) electrons. The van der Waals surface area contributed by atoms with Gasteiger partial charge in [-0.25, -0.2) is 4.79 Å². The van der Waals surface area contributed by atoms with E-state index in [0.717, 1.165) is 19.5 Å². The first kappa shape index (κ1) is 13.3. The van der Waals surface area contributed by atoms with Gasteiger partial charge in [-0.15, -0.1) is 0 Å². The summed E-state index contributed by atoms with van der Waals surface area (Å²) in [5.41, 5.74) is 0.0234. The van der Waals surface area contributed by atoms with E-state index in [9.17, 15) is 4.79 Å². The van der Waals surface area contributed by atoms with Crippen molar-refractivity contribution in [3.05, 3.63) is 0 Å². The van der Waals surface area contributed by atoms with E-state index in [-0.39, 0.29) is 11.6 Å². The van der Waals surface area contributed by atoms with Crippen LogP contribution in [0.4, 0.5) is 4.79 Å². The van der Waals surface area contributed by atoms with Crippen LogP contribution in [0.2, 0.25) is 0 Å². The third-order valence-electron chi connectivity index (χ3n) is 3.59. The van der Waals surface area contributed by atoms with Crippen molar-refractivity contribution in [2.75, 3.05) is 20.1 Å². The molecule has 0 aromatic heterocycles. The maximum absolute atomic E-state index is 11.9. The molecule has 16 heavy (non-hydrogen) atoms. The van der Waals surface area contributed by atoms with E-state index in [0.29, 0.717) is 0 Å². The van der Waals surface area contributed by atoms with Crippen LogP contribution in [0.1, 0.15) is 52.9 Å². The summed E-state index contributed by atoms with van der Waals surface area (Å²) >= 11 is 0. The number of carbonyl (C=O) groups is 1. The molecule has 1 aliphatic rings. The van der Waals surface area contributed by atoms with Gasteiger partial charge >= 0.3 is 6.03 Å². The van der Waals surface area contributed by atoms with E-state index >= 15 is 0 Å². The lowest BCUT2D eigenvalue weighted by Crippen LogP contribution is -2.45. The van der Waals surface area contributed by atoms with Gasteiger partial charge in [-0.3, -0.25) is 0 Å². The van der Waals surface area contributed by atoms with Crippen molar-refractivity contribution >= 4 is 6.03 Å². The number of hydrogen-bond donors (Lipinski definition) is 0. The minimum absolute atomic E-state index is 0.0234. The molecule has 0 aromatic carbocycles. The van der Waals surface area contributed by atoms with Crippen LogP contribution in [0.15, 0.2) is 0 Å². The normalized spacial score (nSPS) is 17.4. The van der Waals surface area contributed by atoms with Crippen molar-refractivity contribution in [1.29, 1.82) is 0 Å². The smallest absolute Gasteiger partial charge is 0.320 e. The topological polar surface area (TPSA) is 23.6 Å². The molecule has 1 heterocycles. The van der Waals surface area contributed by atoms with E-state index in [2.05, 4.69) is 20.8 Å². The van der Waals surface area contributed by atoms with E-state index < -0.39 is 0 Å². The summed E-state index contributed by atoms with van der Waals surface area (Å²) in [7, 11) is 1.88. The quantitative estimate of drug-likeness (QED) is 0.638. The highest BCUT2D eigenvalue weighted by atomic mass is 16.2. The Morgan fingerprint density at radius 2 is 1.88 bits per heavy atom. The average molecular weight is 226 g/mol. The zero-order chi connectivity index (χ0) is 12.2. The lowest BCUT2D eigenvalue weighted by atomic mass is 9.94. The lowest BCUT2D eigenvalue weighted by Gasteiger charge is -2.35. The standard InChI is InChI=1S/C13H26N2O/c1-5-6-7-8-9-13(2,3)15-11-10-14(4)12(15)16/h5-11H2,1-4H3. The van der Waals surface area contributed by atoms with Crippen LogP contribution in [0.25, 0.3) is 0 Å². The van der Waals surface area contributed by atoms with Gasteiger partial charge in [-0.05, 0) is 20.3 Å². The second kappa shape index (κ2) is 5.55. The first-order valence-corrected chi connectivity index (χ1v) is 6.52. The predicted molar refractivity (Wildman–Crippen MR) is 67.6 cm³/mol. The number of rotatable bonds is 6. The summed E-state index contributed by atoms with van der Waals surface area (Å²) in [4.78, 5) is 15.7. The number of unbranched alkanes of at least 4 members (excludes halogenated alkanes) is 3. The molecule has 3 heteroatoms. The number of amides is 2. The van der Waals surface area contributed by atoms with Gasteiger partial charge < -0.3 is 9.80 Å². The Morgan fingerprint density at radius 3 is 2.38 bits per heavy atom. The number of hydrogen-bond acceptors (Lipinski definition) is 1. The first-order valence-electron chi connectivity index (χ1n) is 6.52. The van der Waals surface area contributed by atoms with Crippen LogP contribution in [-0.2, 0) is 0 Å². The summed E-state index contributed by atoms with van der Waals surface area (Å²) in [6, 6.07) is 0.195. The van der Waals surface area contributed by atoms with Gasteiger partial charge in [-0.1, -0.05) is 32.6 Å². The van der Waals surface area contributed by atoms with Crippen LogP contribution < -0.4 is 0 Å². The second-order valence-corrected chi connectivity index (χ2v) is 5.48. The molecule has 0 unspecified atom stereocenters. The fourth-order valence-electron chi connectivity index (χ4n) is 2.33. The third kappa shape index (κ3) is 3.13. The second-order valence-electron chi connectivity index (χ2n) is 5.48. The summed E-state index contributed by atoms with van der Waals surface area (Å²) in [5, 5.41) is 0. The van der Waals surface area contributed by atoms with Crippen molar-refractivity contribution in [1.82, 2.24) is 9.80 Å². The molecule has 0 spiro atoms. The summed E-state index contributed by atoms with van der Waals surface area (Å²) in [6.45, 7) is 8.36. The van der Waals surface area contributed by atoms with Gasteiger partial charge in [0.05, 0.1) is 0 Å². The van der Waals surface area contributed by atoms with Crippen LogP contribution in [-0.4, -0.2) is 41.5 Å². The maximum Gasteiger partial charge on any atom is 0.320 e. The van der Waals surface area contributed by atoms with E-state index in [1.165, 1.54) is 25.7 Å². The Balaban J connectivity index is 2.41. The van der Waals surface area contributed by atoms with Gasteiger partial charge in [0.15, 0.2) is 0 Å².